The molecule has 1 aromatic heterocycles. The number of aryl methyl sites for hydroxylation is 3. The standard InChI is InChI=1S/C12H15N3O2S/c1-9-4-5-10(2)11(6-9)7-18(16,17)12-14-13-8-15(12)3/h4-6,8H,7H2,1-3H3. The van der Waals surface area contributed by atoms with Crippen molar-refractivity contribution in [1.82, 2.24) is 14.8 Å². The third kappa shape index (κ3) is 2.43. The number of benzene rings is 1. The molecule has 0 N–H and O–H groups in total. The minimum absolute atomic E-state index is 0.00315. The van der Waals surface area contributed by atoms with Crippen LogP contribution in [0.4, 0.5) is 0 Å². The van der Waals surface area contributed by atoms with E-state index in [0.717, 1.165) is 16.7 Å². The summed E-state index contributed by atoms with van der Waals surface area (Å²) < 4.78 is 25.9. The summed E-state index contributed by atoms with van der Waals surface area (Å²) >= 11 is 0. The van der Waals surface area contributed by atoms with Crippen molar-refractivity contribution >= 4 is 9.84 Å². The topological polar surface area (TPSA) is 64.8 Å². The van der Waals surface area contributed by atoms with Crippen LogP contribution in [0.15, 0.2) is 29.7 Å². The highest BCUT2D eigenvalue weighted by Gasteiger charge is 2.21. The van der Waals surface area contributed by atoms with E-state index < -0.39 is 9.84 Å². The van der Waals surface area contributed by atoms with Crippen LogP contribution in [0.5, 0.6) is 0 Å². The van der Waals surface area contributed by atoms with Crippen LogP contribution in [-0.4, -0.2) is 23.2 Å². The first-order chi connectivity index (χ1) is 8.40. The summed E-state index contributed by atoms with van der Waals surface area (Å²) in [6, 6.07) is 5.79. The predicted molar refractivity (Wildman–Crippen MR) is 67.8 cm³/mol. The van der Waals surface area contributed by atoms with Gasteiger partial charge >= 0.3 is 0 Å². The van der Waals surface area contributed by atoms with Crippen LogP contribution >= 0.6 is 0 Å². The van der Waals surface area contributed by atoms with Gasteiger partial charge in [0.05, 0.1) is 5.75 Å². The zero-order chi connectivity index (χ0) is 13.3. The van der Waals surface area contributed by atoms with E-state index in [1.54, 1.807) is 7.05 Å². The Labute approximate surface area is 106 Å². The normalized spacial score (nSPS) is 11.7. The fraction of sp³-hybridized carbons (Fsp3) is 0.333. The number of rotatable bonds is 3. The first-order valence-corrected chi connectivity index (χ1v) is 7.18. The number of hydrogen-bond donors (Lipinski definition) is 0. The van der Waals surface area contributed by atoms with Crippen LogP contribution in [0.3, 0.4) is 0 Å². The maximum Gasteiger partial charge on any atom is 0.249 e. The SMILES string of the molecule is Cc1ccc(C)c(CS(=O)(=O)c2nncn2C)c1. The van der Waals surface area contributed by atoms with Gasteiger partial charge in [-0.2, -0.15) is 0 Å². The zero-order valence-corrected chi connectivity index (χ0v) is 11.4. The van der Waals surface area contributed by atoms with E-state index in [1.165, 1.54) is 10.9 Å². The van der Waals surface area contributed by atoms with Crippen LogP contribution in [0.1, 0.15) is 16.7 Å². The van der Waals surface area contributed by atoms with Gasteiger partial charge in [0.25, 0.3) is 0 Å². The minimum Gasteiger partial charge on any atom is -0.308 e. The molecule has 5 nitrogen and oxygen atoms in total. The van der Waals surface area contributed by atoms with Crippen LogP contribution < -0.4 is 0 Å². The Morgan fingerprint density at radius 3 is 2.61 bits per heavy atom. The third-order valence-corrected chi connectivity index (χ3v) is 4.42. The molecule has 0 amide bonds. The van der Waals surface area contributed by atoms with Crippen molar-refractivity contribution in [2.24, 2.45) is 7.05 Å². The molecule has 0 spiro atoms. The van der Waals surface area contributed by atoms with Gasteiger partial charge in [0.2, 0.25) is 15.0 Å². The fourth-order valence-electron chi connectivity index (χ4n) is 1.78. The quantitative estimate of drug-likeness (QED) is 0.841. The Bertz CT molecular complexity index is 674. The largest absolute Gasteiger partial charge is 0.308 e. The first kappa shape index (κ1) is 12.8. The van der Waals surface area contributed by atoms with Crippen molar-refractivity contribution in [2.75, 3.05) is 0 Å². The molecule has 0 radical (unpaired) electrons. The lowest BCUT2D eigenvalue weighted by Gasteiger charge is -2.07. The van der Waals surface area contributed by atoms with Gasteiger partial charge in [-0.05, 0) is 25.0 Å². The molecule has 0 saturated carbocycles. The van der Waals surface area contributed by atoms with E-state index >= 15 is 0 Å². The molecule has 0 saturated heterocycles. The van der Waals surface area contributed by atoms with Gasteiger partial charge in [-0.3, -0.25) is 0 Å². The molecule has 0 aliphatic rings. The Morgan fingerprint density at radius 1 is 1.28 bits per heavy atom. The van der Waals surface area contributed by atoms with Crippen molar-refractivity contribution in [3.8, 4) is 0 Å². The van der Waals surface area contributed by atoms with Gasteiger partial charge in [0.15, 0.2) is 0 Å². The minimum atomic E-state index is -3.45. The summed E-state index contributed by atoms with van der Waals surface area (Å²) in [6.07, 6.45) is 1.38. The van der Waals surface area contributed by atoms with Gasteiger partial charge < -0.3 is 4.57 Å². The van der Waals surface area contributed by atoms with Crippen molar-refractivity contribution in [1.29, 1.82) is 0 Å². The lowest BCUT2D eigenvalue weighted by molar-refractivity contribution is 0.577. The lowest BCUT2D eigenvalue weighted by Crippen LogP contribution is -2.11. The van der Waals surface area contributed by atoms with Crippen LogP contribution in [0, 0.1) is 13.8 Å². The summed E-state index contributed by atoms with van der Waals surface area (Å²) in [5.41, 5.74) is 2.81. The van der Waals surface area contributed by atoms with Crippen molar-refractivity contribution in [3.63, 3.8) is 0 Å². The highest BCUT2D eigenvalue weighted by atomic mass is 32.2. The smallest absolute Gasteiger partial charge is 0.249 e. The van der Waals surface area contributed by atoms with E-state index in [9.17, 15) is 8.42 Å². The van der Waals surface area contributed by atoms with E-state index in [-0.39, 0.29) is 10.9 Å². The maximum atomic E-state index is 12.2. The van der Waals surface area contributed by atoms with Gasteiger partial charge in [-0.25, -0.2) is 8.42 Å². The van der Waals surface area contributed by atoms with E-state index in [2.05, 4.69) is 10.2 Å². The molecule has 0 unspecified atom stereocenters. The molecule has 18 heavy (non-hydrogen) atoms. The predicted octanol–water partition coefficient (Wildman–Crippen LogP) is 1.41. The molecular formula is C12H15N3O2S. The monoisotopic (exact) mass is 265 g/mol. The molecule has 2 aromatic rings. The van der Waals surface area contributed by atoms with Gasteiger partial charge in [-0.15, -0.1) is 10.2 Å². The molecule has 0 aliphatic heterocycles. The van der Waals surface area contributed by atoms with Crippen molar-refractivity contribution < 1.29 is 8.42 Å². The average Bonchev–Trinajstić information content (AvgIpc) is 2.70. The summed E-state index contributed by atoms with van der Waals surface area (Å²) in [5, 5.41) is 7.27. The zero-order valence-electron chi connectivity index (χ0n) is 10.6. The molecule has 1 aromatic carbocycles. The summed E-state index contributed by atoms with van der Waals surface area (Å²) in [6.45, 7) is 3.85. The second kappa shape index (κ2) is 4.53. The molecule has 0 fully saturated rings. The molecular weight excluding hydrogens is 250 g/mol. The highest BCUT2D eigenvalue weighted by Crippen LogP contribution is 2.17. The molecule has 96 valence electrons. The van der Waals surface area contributed by atoms with Gasteiger partial charge in [-0.1, -0.05) is 23.8 Å². The van der Waals surface area contributed by atoms with Crippen LogP contribution in [-0.2, 0) is 22.6 Å². The molecule has 0 aliphatic carbocycles. The van der Waals surface area contributed by atoms with Gasteiger partial charge in [0.1, 0.15) is 6.33 Å². The van der Waals surface area contributed by atoms with E-state index in [0.29, 0.717) is 0 Å². The Kier molecular flexibility index (Phi) is 3.21. The van der Waals surface area contributed by atoms with Crippen molar-refractivity contribution in [2.45, 2.75) is 24.8 Å². The number of hydrogen-bond acceptors (Lipinski definition) is 4. The van der Waals surface area contributed by atoms with E-state index in [4.69, 9.17) is 0 Å². The molecule has 0 bridgehead atoms. The summed E-state index contributed by atoms with van der Waals surface area (Å²) in [4.78, 5) is 0. The van der Waals surface area contributed by atoms with Gasteiger partial charge in [0, 0.05) is 7.05 Å². The Balaban J connectivity index is 2.40. The summed E-state index contributed by atoms with van der Waals surface area (Å²) in [5.74, 6) is -0.0486. The number of nitrogens with zero attached hydrogens (tertiary/aromatic N) is 3. The Hall–Kier alpha value is -1.69. The maximum absolute atomic E-state index is 12.2. The van der Waals surface area contributed by atoms with Crippen molar-refractivity contribution in [3.05, 3.63) is 41.2 Å². The summed E-state index contributed by atoms with van der Waals surface area (Å²) in [7, 11) is -1.83. The Morgan fingerprint density at radius 2 is 2.00 bits per heavy atom. The molecule has 1 heterocycles. The number of sulfone groups is 1. The second-order valence-corrected chi connectivity index (χ2v) is 6.30. The fourth-order valence-corrected chi connectivity index (χ4v) is 3.29. The molecule has 0 atom stereocenters. The lowest BCUT2D eigenvalue weighted by atomic mass is 10.1. The van der Waals surface area contributed by atoms with E-state index in [1.807, 2.05) is 32.0 Å². The van der Waals surface area contributed by atoms with Crippen LogP contribution in [0.2, 0.25) is 0 Å². The highest BCUT2D eigenvalue weighted by molar-refractivity contribution is 7.90. The first-order valence-electron chi connectivity index (χ1n) is 5.53. The molecule has 2 rings (SSSR count). The second-order valence-electron chi connectivity index (χ2n) is 4.41. The van der Waals surface area contributed by atoms with Crippen LogP contribution in [0.25, 0.3) is 0 Å². The average molecular weight is 265 g/mol. The number of aromatic nitrogens is 3. The molecule has 6 heteroatoms. The third-order valence-electron chi connectivity index (χ3n) is 2.80.